The van der Waals surface area contributed by atoms with Crippen LogP contribution in [0.25, 0.3) is 0 Å². The van der Waals surface area contributed by atoms with E-state index in [-0.39, 0.29) is 0 Å². The molecule has 1 aliphatic rings. The van der Waals surface area contributed by atoms with E-state index in [1.807, 2.05) is 0 Å². The van der Waals surface area contributed by atoms with E-state index in [9.17, 15) is 0 Å². The maximum atomic E-state index is 5.48. The molecule has 1 atom stereocenters. The second kappa shape index (κ2) is 3.91. The number of likely N-dealkylation sites (N-methyl/N-ethyl adjacent to an activating group) is 1. The summed E-state index contributed by atoms with van der Waals surface area (Å²) in [6.07, 6.45) is 0.392. The summed E-state index contributed by atoms with van der Waals surface area (Å²) >= 11 is 0. The maximum Gasteiger partial charge on any atom is 0.0826 e. The van der Waals surface area contributed by atoms with Gasteiger partial charge in [-0.2, -0.15) is 0 Å². The minimum atomic E-state index is 0.392. The van der Waals surface area contributed by atoms with E-state index in [0.29, 0.717) is 6.10 Å². The molecule has 3 nitrogen and oxygen atoms in total. The normalized spacial score (nSPS) is 27.3. The van der Waals surface area contributed by atoms with Crippen molar-refractivity contribution < 1.29 is 4.74 Å². The number of hydrogen-bond donors (Lipinski definition) is 1. The van der Waals surface area contributed by atoms with E-state index in [1.165, 1.54) is 0 Å². The molecule has 3 heteroatoms. The topological polar surface area (TPSA) is 24.5 Å². The Bertz CT molecular complexity index is 89.6. The number of hydrogen-bond acceptors (Lipinski definition) is 3. The zero-order valence-electron chi connectivity index (χ0n) is 6.76. The minimum Gasteiger partial charge on any atom is -0.374 e. The Morgan fingerprint density at radius 3 is 2.90 bits per heavy atom. The SMILES string of the molecule is CN(C)C[C@H]1CNCCO1. The fourth-order valence-electron chi connectivity index (χ4n) is 1.14. The molecule has 10 heavy (non-hydrogen) atoms. The van der Waals surface area contributed by atoms with Crippen LogP contribution in [0.2, 0.25) is 0 Å². The van der Waals surface area contributed by atoms with Crippen molar-refractivity contribution in [1.29, 1.82) is 0 Å². The van der Waals surface area contributed by atoms with Gasteiger partial charge in [-0.05, 0) is 14.1 Å². The standard InChI is InChI=1S/C7H16N2O/c1-9(2)6-7-5-8-3-4-10-7/h7-8H,3-6H2,1-2H3/t7-/m1/s1. The number of nitrogens with one attached hydrogen (secondary N) is 1. The smallest absolute Gasteiger partial charge is 0.0826 e. The Morgan fingerprint density at radius 2 is 2.40 bits per heavy atom. The van der Waals surface area contributed by atoms with Gasteiger partial charge >= 0.3 is 0 Å². The molecular formula is C7H16N2O. The summed E-state index contributed by atoms with van der Waals surface area (Å²) in [5, 5.41) is 3.29. The highest BCUT2D eigenvalue weighted by Gasteiger charge is 2.12. The van der Waals surface area contributed by atoms with Gasteiger partial charge in [0.05, 0.1) is 12.7 Å². The highest BCUT2D eigenvalue weighted by atomic mass is 16.5. The average molecular weight is 144 g/mol. The van der Waals surface area contributed by atoms with E-state index in [4.69, 9.17) is 4.74 Å². The Balaban J connectivity index is 2.13. The van der Waals surface area contributed by atoms with Crippen LogP contribution in [0.5, 0.6) is 0 Å². The zero-order chi connectivity index (χ0) is 7.40. The minimum absolute atomic E-state index is 0.392. The lowest BCUT2D eigenvalue weighted by molar-refractivity contribution is 0.0139. The van der Waals surface area contributed by atoms with Crippen LogP contribution in [0, 0.1) is 0 Å². The van der Waals surface area contributed by atoms with Gasteiger partial charge < -0.3 is 15.0 Å². The van der Waals surface area contributed by atoms with Crippen LogP contribution < -0.4 is 5.32 Å². The third kappa shape index (κ3) is 2.64. The lowest BCUT2D eigenvalue weighted by Gasteiger charge is -2.25. The van der Waals surface area contributed by atoms with Gasteiger partial charge in [0.25, 0.3) is 0 Å². The molecule has 0 unspecified atom stereocenters. The van der Waals surface area contributed by atoms with Crippen molar-refractivity contribution in [3.05, 3.63) is 0 Å². The van der Waals surface area contributed by atoms with Crippen molar-refractivity contribution in [2.75, 3.05) is 40.3 Å². The molecule has 0 spiro atoms. The molecule has 0 aromatic carbocycles. The van der Waals surface area contributed by atoms with Gasteiger partial charge in [-0.3, -0.25) is 0 Å². The van der Waals surface area contributed by atoms with Crippen LogP contribution in [0.15, 0.2) is 0 Å². The molecule has 0 radical (unpaired) electrons. The lowest BCUT2D eigenvalue weighted by atomic mass is 10.3. The summed E-state index contributed by atoms with van der Waals surface area (Å²) in [4.78, 5) is 2.15. The largest absolute Gasteiger partial charge is 0.374 e. The van der Waals surface area contributed by atoms with Gasteiger partial charge in [0.1, 0.15) is 0 Å². The van der Waals surface area contributed by atoms with Crippen molar-refractivity contribution in [3.63, 3.8) is 0 Å². The molecule has 0 aromatic rings. The summed E-state index contributed by atoms with van der Waals surface area (Å²) < 4.78 is 5.48. The fourth-order valence-corrected chi connectivity index (χ4v) is 1.14. The van der Waals surface area contributed by atoms with E-state index < -0.39 is 0 Å². The van der Waals surface area contributed by atoms with Crippen LogP contribution in [0.1, 0.15) is 0 Å². The Labute approximate surface area is 62.3 Å². The van der Waals surface area contributed by atoms with Crippen molar-refractivity contribution in [3.8, 4) is 0 Å². The van der Waals surface area contributed by atoms with Gasteiger partial charge in [0.15, 0.2) is 0 Å². The molecule has 0 aromatic heterocycles. The number of nitrogens with zero attached hydrogens (tertiary/aromatic N) is 1. The van der Waals surface area contributed by atoms with Crippen molar-refractivity contribution in [2.45, 2.75) is 6.10 Å². The highest BCUT2D eigenvalue weighted by molar-refractivity contribution is 4.68. The molecule has 1 aliphatic heterocycles. The predicted octanol–water partition coefficient (Wildman–Crippen LogP) is -0.464. The van der Waals surface area contributed by atoms with Crippen molar-refractivity contribution in [1.82, 2.24) is 10.2 Å². The molecule has 0 bridgehead atoms. The number of ether oxygens (including phenoxy) is 1. The van der Waals surface area contributed by atoms with Crippen LogP contribution in [0.4, 0.5) is 0 Å². The summed E-state index contributed by atoms with van der Waals surface area (Å²) in [5.74, 6) is 0. The molecule has 0 aliphatic carbocycles. The Kier molecular flexibility index (Phi) is 3.12. The molecule has 1 fully saturated rings. The van der Waals surface area contributed by atoms with Crippen LogP contribution in [-0.4, -0.2) is 51.3 Å². The van der Waals surface area contributed by atoms with E-state index in [2.05, 4.69) is 24.3 Å². The van der Waals surface area contributed by atoms with Crippen molar-refractivity contribution >= 4 is 0 Å². The summed E-state index contributed by atoms with van der Waals surface area (Å²) in [5.41, 5.74) is 0. The second-order valence-electron chi connectivity index (χ2n) is 2.96. The van der Waals surface area contributed by atoms with Crippen LogP contribution >= 0.6 is 0 Å². The third-order valence-electron chi connectivity index (χ3n) is 1.57. The van der Waals surface area contributed by atoms with Gasteiger partial charge in [-0.15, -0.1) is 0 Å². The van der Waals surface area contributed by atoms with Crippen LogP contribution in [-0.2, 0) is 4.74 Å². The van der Waals surface area contributed by atoms with E-state index in [1.54, 1.807) is 0 Å². The number of morpholine rings is 1. The molecule has 0 saturated carbocycles. The molecule has 1 heterocycles. The maximum absolute atomic E-state index is 5.48. The molecular weight excluding hydrogens is 128 g/mol. The van der Waals surface area contributed by atoms with Gasteiger partial charge in [-0.25, -0.2) is 0 Å². The lowest BCUT2D eigenvalue weighted by Crippen LogP contribution is -2.43. The molecule has 0 amide bonds. The molecule has 1 N–H and O–H groups in total. The summed E-state index contributed by atoms with van der Waals surface area (Å²) in [6.45, 7) is 3.88. The first-order valence-electron chi connectivity index (χ1n) is 3.76. The Hall–Kier alpha value is -0.120. The van der Waals surface area contributed by atoms with Crippen LogP contribution in [0.3, 0.4) is 0 Å². The van der Waals surface area contributed by atoms with Gasteiger partial charge in [-0.1, -0.05) is 0 Å². The third-order valence-corrected chi connectivity index (χ3v) is 1.57. The van der Waals surface area contributed by atoms with Gasteiger partial charge in [0.2, 0.25) is 0 Å². The van der Waals surface area contributed by atoms with Gasteiger partial charge in [0, 0.05) is 19.6 Å². The zero-order valence-corrected chi connectivity index (χ0v) is 6.76. The first kappa shape index (κ1) is 7.98. The molecule has 60 valence electrons. The monoisotopic (exact) mass is 144 g/mol. The predicted molar refractivity (Wildman–Crippen MR) is 41.2 cm³/mol. The van der Waals surface area contributed by atoms with Crippen molar-refractivity contribution in [2.24, 2.45) is 0 Å². The fraction of sp³-hybridized carbons (Fsp3) is 1.00. The second-order valence-corrected chi connectivity index (χ2v) is 2.96. The molecule has 1 saturated heterocycles. The number of rotatable bonds is 2. The van der Waals surface area contributed by atoms with E-state index in [0.717, 1.165) is 26.2 Å². The summed E-state index contributed by atoms with van der Waals surface area (Å²) in [7, 11) is 4.13. The first-order valence-corrected chi connectivity index (χ1v) is 3.76. The summed E-state index contributed by atoms with van der Waals surface area (Å²) in [6, 6.07) is 0. The Morgan fingerprint density at radius 1 is 1.60 bits per heavy atom. The highest BCUT2D eigenvalue weighted by Crippen LogP contribution is 1.96. The first-order chi connectivity index (χ1) is 4.79. The average Bonchev–Trinajstić information content (AvgIpc) is 1.88. The quantitative estimate of drug-likeness (QED) is 0.567. The van der Waals surface area contributed by atoms with E-state index >= 15 is 0 Å². The molecule has 1 rings (SSSR count).